The Balaban J connectivity index is 2.23. The molecule has 0 aromatic carbocycles. The third-order valence-corrected chi connectivity index (χ3v) is 3.53. The summed E-state index contributed by atoms with van der Waals surface area (Å²) in [6.07, 6.45) is 3.75. The van der Waals surface area contributed by atoms with Crippen molar-refractivity contribution in [3.63, 3.8) is 0 Å². The molecule has 0 radical (unpaired) electrons. The molecule has 0 saturated heterocycles. The Bertz CT molecular complexity index is 692. The van der Waals surface area contributed by atoms with Crippen molar-refractivity contribution in [1.82, 2.24) is 14.4 Å². The zero-order valence-corrected chi connectivity index (χ0v) is 12.0. The molecule has 5 heteroatoms. The van der Waals surface area contributed by atoms with Gasteiger partial charge in [0.05, 0.1) is 4.88 Å². The fourth-order valence-corrected chi connectivity index (χ4v) is 2.66. The lowest BCUT2D eigenvalue weighted by Crippen LogP contribution is -2.27. The molecule has 0 aliphatic rings. The highest BCUT2D eigenvalue weighted by Gasteiger charge is 2.19. The summed E-state index contributed by atoms with van der Waals surface area (Å²) in [6.45, 7) is 6.42. The van der Waals surface area contributed by atoms with Gasteiger partial charge in [-0.1, -0.05) is 6.07 Å². The van der Waals surface area contributed by atoms with Crippen molar-refractivity contribution in [3.05, 3.63) is 36.0 Å². The molecule has 0 bridgehead atoms. The largest absolute Gasteiger partial charge is 0.365 e. The van der Waals surface area contributed by atoms with Crippen LogP contribution in [0.2, 0.25) is 0 Å². The first-order valence-corrected chi connectivity index (χ1v) is 7.08. The highest BCUT2D eigenvalue weighted by Crippen LogP contribution is 2.32. The Kier molecular flexibility index (Phi) is 2.78. The Morgan fingerprint density at radius 3 is 2.79 bits per heavy atom. The molecule has 0 unspecified atom stereocenters. The standard InChI is InChI=1S/C14H16N4S/c1-14(2,3)17-12-11(10-6-4-9-19-10)16-13-15-7-5-8-18(12)13/h4-9,17H,1-3H3. The van der Waals surface area contributed by atoms with Gasteiger partial charge in [-0.05, 0) is 38.3 Å². The Morgan fingerprint density at radius 1 is 1.26 bits per heavy atom. The summed E-state index contributed by atoms with van der Waals surface area (Å²) in [4.78, 5) is 10.1. The maximum atomic E-state index is 4.64. The maximum Gasteiger partial charge on any atom is 0.236 e. The van der Waals surface area contributed by atoms with Crippen LogP contribution in [0.25, 0.3) is 16.3 Å². The number of imidazole rings is 1. The molecule has 3 aromatic rings. The minimum atomic E-state index is -0.0299. The van der Waals surface area contributed by atoms with Crippen LogP contribution in [0.5, 0.6) is 0 Å². The Labute approximate surface area is 116 Å². The lowest BCUT2D eigenvalue weighted by molar-refractivity contribution is 0.629. The highest BCUT2D eigenvalue weighted by atomic mass is 32.1. The van der Waals surface area contributed by atoms with Crippen LogP contribution in [0, 0.1) is 0 Å². The van der Waals surface area contributed by atoms with Gasteiger partial charge in [-0.15, -0.1) is 11.3 Å². The number of nitrogens with one attached hydrogen (secondary N) is 1. The van der Waals surface area contributed by atoms with Crippen molar-refractivity contribution in [2.75, 3.05) is 5.32 Å². The van der Waals surface area contributed by atoms with E-state index >= 15 is 0 Å². The van der Waals surface area contributed by atoms with Crippen LogP contribution in [0.15, 0.2) is 36.0 Å². The minimum absolute atomic E-state index is 0.0299. The quantitative estimate of drug-likeness (QED) is 0.774. The first-order valence-electron chi connectivity index (χ1n) is 6.20. The molecular weight excluding hydrogens is 256 g/mol. The smallest absolute Gasteiger partial charge is 0.236 e. The van der Waals surface area contributed by atoms with Crippen LogP contribution in [0.3, 0.4) is 0 Å². The summed E-state index contributed by atoms with van der Waals surface area (Å²) in [6, 6.07) is 6.04. The zero-order valence-electron chi connectivity index (χ0n) is 11.2. The second-order valence-electron chi connectivity index (χ2n) is 5.45. The van der Waals surface area contributed by atoms with Crippen molar-refractivity contribution in [2.24, 2.45) is 0 Å². The van der Waals surface area contributed by atoms with Gasteiger partial charge in [-0.3, -0.25) is 4.40 Å². The molecule has 3 rings (SSSR count). The van der Waals surface area contributed by atoms with E-state index < -0.39 is 0 Å². The van der Waals surface area contributed by atoms with Gasteiger partial charge < -0.3 is 5.32 Å². The van der Waals surface area contributed by atoms with Crippen LogP contribution in [0.1, 0.15) is 20.8 Å². The molecule has 0 aliphatic heterocycles. The summed E-state index contributed by atoms with van der Waals surface area (Å²) < 4.78 is 2.00. The first-order chi connectivity index (χ1) is 9.04. The third kappa shape index (κ3) is 2.33. The van der Waals surface area contributed by atoms with Crippen molar-refractivity contribution in [3.8, 4) is 10.6 Å². The summed E-state index contributed by atoms with van der Waals surface area (Å²) in [5.41, 5.74) is 0.932. The lowest BCUT2D eigenvalue weighted by atomic mass is 10.1. The van der Waals surface area contributed by atoms with E-state index in [0.717, 1.165) is 22.2 Å². The van der Waals surface area contributed by atoms with Gasteiger partial charge in [0.15, 0.2) is 0 Å². The number of hydrogen-bond acceptors (Lipinski definition) is 4. The predicted octanol–water partition coefficient (Wildman–Crippen LogP) is 3.67. The lowest BCUT2D eigenvalue weighted by Gasteiger charge is -2.22. The number of rotatable bonds is 2. The number of fused-ring (bicyclic) bond motifs is 1. The SMILES string of the molecule is CC(C)(C)Nc1c(-c2cccs2)nc2ncccn12. The highest BCUT2D eigenvalue weighted by molar-refractivity contribution is 7.13. The number of aromatic nitrogens is 3. The van der Waals surface area contributed by atoms with Gasteiger partial charge >= 0.3 is 0 Å². The van der Waals surface area contributed by atoms with Crippen molar-refractivity contribution in [2.45, 2.75) is 26.3 Å². The Hall–Kier alpha value is -1.88. The molecule has 3 aromatic heterocycles. The minimum Gasteiger partial charge on any atom is -0.365 e. The van der Waals surface area contributed by atoms with Crippen LogP contribution in [0.4, 0.5) is 5.82 Å². The zero-order chi connectivity index (χ0) is 13.5. The molecule has 19 heavy (non-hydrogen) atoms. The fourth-order valence-electron chi connectivity index (χ4n) is 1.95. The van der Waals surface area contributed by atoms with E-state index in [1.54, 1.807) is 17.5 Å². The average Bonchev–Trinajstić information content (AvgIpc) is 2.95. The molecule has 0 atom stereocenters. The van der Waals surface area contributed by atoms with Gasteiger partial charge in [0.25, 0.3) is 0 Å². The van der Waals surface area contributed by atoms with Crippen molar-refractivity contribution >= 4 is 22.9 Å². The maximum absolute atomic E-state index is 4.64. The second kappa shape index (κ2) is 4.35. The van der Waals surface area contributed by atoms with E-state index in [1.807, 2.05) is 22.7 Å². The normalized spacial score (nSPS) is 11.9. The Morgan fingerprint density at radius 2 is 2.11 bits per heavy atom. The van der Waals surface area contributed by atoms with E-state index in [-0.39, 0.29) is 5.54 Å². The van der Waals surface area contributed by atoms with Gasteiger partial charge in [0, 0.05) is 17.9 Å². The summed E-state index contributed by atoms with van der Waals surface area (Å²) in [5.74, 6) is 1.72. The monoisotopic (exact) mass is 272 g/mol. The molecule has 3 heterocycles. The molecule has 0 fully saturated rings. The summed E-state index contributed by atoms with van der Waals surface area (Å²) in [7, 11) is 0. The first kappa shape index (κ1) is 12.2. The number of anilines is 1. The molecular formula is C14H16N4S. The van der Waals surface area contributed by atoms with E-state index in [2.05, 4.69) is 47.5 Å². The fraction of sp³-hybridized carbons (Fsp3) is 0.286. The molecule has 0 saturated carbocycles. The van der Waals surface area contributed by atoms with Crippen LogP contribution < -0.4 is 5.32 Å². The number of nitrogens with zero attached hydrogens (tertiary/aromatic N) is 3. The van der Waals surface area contributed by atoms with E-state index in [9.17, 15) is 0 Å². The molecule has 98 valence electrons. The van der Waals surface area contributed by atoms with Crippen molar-refractivity contribution < 1.29 is 0 Å². The summed E-state index contributed by atoms with van der Waals surface area (Å²) in [5, 5.41) is 5.59. The van der Waals surface area contributed by atoms with Gasteiger partial charge in [0.1, 0.15) is 11.5 Å². The second-order valence-corrected chi connectivity index (χ2v) is 6.40. The molecule has 0 amide bonds. The van der Waals surface area contributed by atoms with Gasteiger partial charge in [0.2, 0.25) is 5.78 Å². The molecule has 0 spiro atoms. The van der Waals surface area contributed by atoms with E-state index in [1.165, 1.54) is 0 Å². The van der Waals surface area contributed by atoms with Crippen LogP contribution >= 0.6 is 11.3 Å². The summed E-state index contributed by atoms with van der Waals surface area (Å²) >= 11 is 1.69. The molecule has 4 nitrogen and oxygen atoms in total. The van der Waals surface area contributed by atoms with Gasteiger partial charge in [-0.25, -0.2) is 9.97 Å². The molecule has 0 aliphatic carbocycles. The van der Waals surface area contributed by atoms with Crippen LogP contribution in [-0.4, -0.2) is 19.9 Å². The van der Waals surface area contributed by atoms with E-state index in [4.69, 9.17) is 0 Å². The average molecular weight is 272 g/mol. The van der Waals surface area contributed by atoms with E-state index in [0.29, 0.717) is 0 Å². The number of hydrogen-bond donors (Lipinski definition) is 1. The third-order valence-electron chi connectivity index (χ3n) is 2.65. The topological polar surface area (TPSA) is 42.2 Å². The predicted molar refractivity (Wildman–Crippen MR) is 79.7 cm³/mol. The van der Waals surface area contributed by atoms with Gasteiger partial charge in [-0.2, -0.15) is 0 Å². The van der Waals surface area contributed by atoms with Crippen molar-refractivity contribution in [1.29, 1.82) is 0 Å². The molecule has 1 N–H and O–H groups in total. The van der Waals surface area contributed by atoms with Crippen LogP contribution in [-0.2, 0) is 0 Å². The number of thiophene rings is 1.